The number of aliphatic hydroxyl groups is 1. The Kier molecular flexibility index (Phi) is 8.81. The van der Waals surface area contributed by atoms with Crippen molar-refractivity contribution >= 4 is 35.2 Å². The van der Waals surface area contributed by atoms with Crippen LogP contribution in [0.3, 0.4) is 0 Å². The van der Waals surface area contributed by atoms with Crippen molar-refractivity contribution in [2.24, 2.45) is 11.8 Å². The van der Waals surface area contributed by atoms with Gasteiger partial charge in [0.05, 0.1) is 23.7 Å². The van der Waals surface area contributed by atoms with Crippen LogP contribution in [0.25, 0.3) is 0 Å². The van der Waals surface area contributed by atoms with Gasteiger partial charge in [-0.25, -0.2) is 0 Å². The quantitative estimate of drug-likeness (QED) is 0.375. The molecule has 3 aliphatic rings. The zero-order valence-electron chi connectivity index (χ0n) is 23.3. The number of methoxy groups -OCH3 is 1. The first-order chi connectivity index (χ1) is 18.7. The van der Waals surface area contributed by atoms with Crippen LogP contribution in [0.1, 0.15) is 39.5 Å². The monoisotopic (exact) mass is 555 g/mol. The van der Waals surface area contributed by atoms with Gasteiger partial charge in [0.15, 0.2) is 0 Å². The Morgan fingerprint density at radius 1 is 1.18 bits per heavy atom. The van der Waals surface area contributed by atoms with Gasteiger partial charge in [-0.3, -0.25) is 14.4 Å². The minimum atomic E-state index is -0.743. The summed E-state index contributed by atoms with van der Waals surface area (Å²) in [6, 6.07) is 6.52. The average Bonchev–Trinajstić information content (AvgIpc) is 3.50. The maximum Gasteiger partial charge on any atom is 0.251 e. The molecule has 4 rings (SSSR count). The van der Waals surface area contributed by atoms with Crippen LogP contribution in [0, 0.1) is 11.8 Å². The van der Waals surface area contributed by atoms with Gasteiger partial charge in [0.25, 0.3) is 5.91 Å². The summed E-state index contributed by atoms with van der Waals surface area (Å²) in [5.74, 6) is -0.792. The minimum absolute atomic E-state index is 0.0278. The van der Waals surface area contributed by atoms with Gasteiger partial charge in [0.2, 0.25) is 11.8 Å². The van der Waals surface area contributed by atoms with Crippen LogP contribution >= 0.6 is 11.8 Å². The minimum Gasteiger partial charge on any atom is -0.497 e. The molecule has 0 saturated carbocycles. The van der Waals surface area contributed by atoms with E-state index in [1.807, 2.05) is 19.1 Å². The molecule has 0 radical (unpaired) electrons. The first-order valence-corrected chi connectivity index (χ1v) is 14.6. The molecule has 9 heteroatoms. The Morgan fingerprint density at radius 3 is 2.46 bits per heavy atom. The van der Waals surface area contributed by atoms with E-state index in [-0.39, 0.29) is 37.4 Å². The van der Waals surface area contributed by atoms with E-state index in [2.05, 4.69) is 20.1 Å². The van der Waals surface area contributed by atoms with Crippen LogP contribution in [0.15, 0.2) is 49.6 Å². The third kappa shape index (κ3) is 4.88. The summed E-state index contributed by atoms with van der Waals surface area (Å²) in [5.41, 5.74) is 0.687. The first-order valence-electron chi connectivity index (χ1n) is 13.8. The molecular formula is C30H41N3O5S. The van der Waals surface area contributed by atoms with E-state index >= 15 is 0 Å². The summed E-state index contributed by atoms with van der Waals surface area (Å²) in [7, 11) is 1.59. The van der Waals surface area contributed by atoms with Gasteiger partial charge in [-0.2, -0.15) is 0 Å². The topological polar surface area (TPSA) is 90.4 Å². The number of ether oxygens (including phenoxy) is 1. The van der Waals surface area contributed by atoms with Gasteiger partial charge in [-0.15, -0.1) is 24.9 Å². The highest BCUT2D eigenvalue weighted by atomic mass is 32.2. The van der Waals surface area contributed by atoms with Crippen LogP contribution in [-0.4, -0.2) is 88.1 Å². The van der Waals surface area contributed by atoms with Crippen molar-refractivity contribution in [3.63, 3.8) is 0 Å². The predicted octanol–water partition coefficient (Wildman–Crippen LogP) is 3.50. The number of nitrogens with zero attached hydrogens (tertiary/aromatic N) is 3. The van der Waals surface area contributed by atoms with Gasteiger partial charge < -0.3 is 24.5 Å². The van der Waals surface area contributed by atoms with E-state index in [4.69, 9.17) is 4.74 Å². The number of rotatable bonds is 13. The molecule has 1 spiro atoms. The SMILES string of the molecule is C=CCN(CCC)C(=O)[C@@H]1[C@H]2C(=O)N(CCCO)C(C(=O)N(CC=C)c3ccc(OC)cc3)C23CC[C@@]1(C)S3. The zero-order chi connectivity index (χ0) is 28.4. The van der Waals surface area contributed by atoms with Crippen molar-refractivity contribution in [2.75, 3.05) is 44.8 Å². The summed E-state index contributed by atoms with van der Waals surface area (Å²) in [6.45, 7) is 13.3. The van der Waals surface area contributed by atoms with E-state index in [0.29, 0.717) is 37.4 Å². The zero-order valence-corrected chi connectivity index (χ0v) is 24.1. The lowest BCUT2D eigenvalue weighted by Gasteiger charge is -2.38. The molecule has 212 valence electrons. The molecule has 5 atom stereocenters. The second-order valence-electron chi connectivity index (χ2n) is 10.8. The number of fused-ring (bicyclic) bond motifs is 1. The summed E-state index contributed by atoms with van der Waals surface area (Å²) >= 11 is 1.66. The predicted molar refractivity (Wildman–Crippen MR) is 155 cm³/mol. The molecule has 3 aliphatic heterocycles. The number of likely N-dealkylation sites (tertiary alicyclic amines) is 1. The molecule has 0 aliphatic carbocycles. The maximum atomic E-state index is 14.5. The molecule has 1 N–H and O–H groups in total. The number of benzene rings is 1. The number of aliphatic hydroxyl groups excluding tert-OH is 1. The van der Waals surface area contributed by atoms with Crippen molar-refractivity contribution in [2.45, 2.75) is 55.1 Å². The molecule has 3 heterocycles. The maximum absolute atomic E-state index is 14.5. The summed E-state index contributed by atoms with van der Waals surface area (Å²) < 4.78 is 4.15. The van der Waals surface area contributed by atoms with E-state index in [0.717, 1.165) is 12.8 Å². The fourth-order valence-electron chi connectivity index (χ4n) is 6.84. The number of hydrogen-bond donors (Lipinski definition) is 1. The van der Waals surface area contributed by atoms with Gasteiger partial charge in [-0.05, 0) is 56.9 Å². The van der Waals surface area contributed by atoms with Crippen LogP contribution in [0.4, 0.5) is 5.69 Å². The second-order valence-corrected chi connectivity index (χ2v) is 12.7. The number of amides is 3. The molecule has 3 saturated heterocycles. The van der Waals surface area contributed by atoms with Gasteiger partial charge in [0.1, 0.15) is 11.8 Å². The highest BCUT2D eigenvalue weighted by Crippen LogP contribution is 2.71. The number of carbonyl (C=O) groups is 3. The van der Waals surface area contributed by atoms with Gasteiger partial charge in [-0.1, -0.05) is 19.1 Å². The lowest BCUT2D eigenvalue weighted by Crippen LogP contribution is -2.55. The van der Waals surface area contributed by atoms with Crippen LogP contribution in [-0.2, 0) is 14.4 Å². The number of carbonyl (C=O) groups excluding carboxylic acids is 3. The largest absolute Gasteiger partial charge is 0.497 e. The van der Waals surface area contributed by atoms with Crippen LogP contribution < -0.4 is 9.64 Å². The summed E-state index contributed by atoms with van der Waals surface area (Å²) in [5, 5.41) is 9.63. The van der Waals surface area contributed by atoms with Crippen molar-refractivity contribution in [1.82, 2.24) is 9.80 Å². The smallest absolute Gasteiger partial charge is 0.251 e. The number of hydrogen-bond acceptors (Lipinski definition) is 6. The van der Waals surface area contributed by atoms with Crippen molar-refractivity contribution in [1.29, 1.82) is 0 Å². The van der Waals surface area contributed by atoms with E-state index in [1.165, 1.54) is 0 Å². The molecule has 0 aromatic heterocycles. The molecule has 39 heavy (non-hydrogen) atoms. The standard InChI is InChI=1S/C30H41N3O5S/c1-6-16-31(17-7-2)26(35)23-24-27(36)33(19-9-20-34)25(30(24)15-14-29(23,4)39-30)28(37)32(18-8-3)21-10-12-22(38-5)13-11-21/h6,8,10-13,23-25,34H,1,3,7,9,14-20H2,2,4-5H3/t23-,24-,25?,29+,30?/m0/s1. The normalized spacial score (nSPS) is 28.8. The number of thioether (sulfide) groups is 1. The second kappa shape index (κ2) is 11.8. The molecule has 3 fully saturated rings. The van der Waals surface area contributed by atoms with Crippen molar-refractivity contribution in [3.8, 4) is 5.75 Å². The number of anilines is 1. The molecule has 1 aromatic rings. The summed E-state index contributed by atoms with van der Waals surface area (Å²) in [6.07, 6.45) is 6.01. The van der Waals surface area contributed by atoms with Crippen molar-refractivity contribution in [3.05, 3.63) is 49.6 Å². The van der Waals surface area contributed by atoms with Gasteiger partial charge >= 0.3 is 0 Å². The molecular weight excluding hydrogens is 514 g/mol. The van der Waals surface area contributed by atoms with Crippen molar-refractivity contribution < 1.29 is 24.2 Å². The molecule has 2 bridgehead atoms. The molecule has 1 aromatic carbocycles. The lowest BCUT2D eigenvalue weighted by molar-refractivity contribution is -0.145. The average molecular weight is 556 g/mol. The summed E-state index contributed by atoms with van der Waals surface area (Å²) in [4.78, 5) is 47.9. The first kappa shape index (κ1) is 29.2. The molecule has 8 nitrogen and oxygen atoms in total. The fraction of sp³-hybridized carbons (Fsp3) is 0.567. The Labute approximate surface area is 236 Å². The Morgan fingerprint density at radius 2 is 1.87 bits per heavy atom. The Balaban J connectivity index is 1.77. The van der Waals surface area contributed by atoms with E-state index < -0.39 is 27.4 Å². The fourth-order valence-corrected chi connectivity index (χ4v) is 9.18. The van der Waals surface area contributed by atoms with Crippen LogP contribution in [0.2, 0.25) is 0 Å². The van der Waals surface area contributed by atoms with E-state index in [9.17, 15) is 19.5 Å². The van der Waals surface area contributed by atoms with Gasteiger partial charge in [0, 0.05) is 43.2 Å². The highest BCUT2D eigenvalue weighted by Gasteiger charge is 2.77. The third-order valence-corrected chi connectivity index (χ3v) is 10.4. The van der Waals surface area contributed by atoms with Crippen LogP contribution in [0.5, 0.6) is 5.75 Å². The highest BCUT2D eigenvalue weighted by molar-refractivity contribution is 8.02. The van der Waals surface area contributed by atoms with E-state index in [1.54, 1.807) is 57.9 Å². The molecule has 2 unspecified atom stereocenters. The molecule has 3 amide bonds. The Bertz CT molecular complexity index is 1110. The Hall–Kier alpha value is -2.78. The lowest BCUT2D eigenvalue weighted by atomic mass is 9.66. The third-order valence-electron chi connectivity index (χ3n) is 8.45.